The number of benzene rings is 2. The van der Waals surface area contributed by atoms with Crippen LogP contribution in [0.15, 0.2) is 42.5 Å². The van der Waals surface area contributed by atoms with E-state index in [4.69, 9.17) is 0 Å². The van der Waals surface area contributed by atoms with E-state index < -0.39 is 0 Å². The van der Waals surface area contributed by atoms with E-state index in [1.165, 1.54) is 11.1 Å². The number of fused-ring (bicyclic) bond motifs is 1. The summed E-state index contributed by atoms with van der Waals surface area (Å²) in [7, 11) is 0. The fourth-order valence-corrected chi connectivity index (χ4v) is 2.31. The van der Waals surface area contributed by atoms with Crippen molar-refractivity contribution in [2.24, 2.45) is 0 Å². The molecule has 2 aromatic carbocycles. The zero-order chi connectivity index (χ0) is 13.2. The summed E-state index contributed by atoms with van der Waals surface area (Å²) in [5.74, 6) is 1.23. The number of nitrogens with one attached hydrogen (secondary N) is 1. The van der Waals surface area contributed by atoms with Gasteiger partial charge in [0.1, 0.15) is 11.6 Å². The molecule has 0 saturated carbocycles. The maximum absolute atomic E-state index is 9.44. The van der Waals surface area contributed by atoms with Crippen molar-refractivity contribution in [1.82, 2.24) is 9.97 Å². The third-order valence-electron chi connectivity index (χ3n) is 3.41. The van der Waals surface area contributed by atoms with Crippen molar-refractivity contribution in [3.63, 3.8) is 0 Å². The lowest BCUT2D eigenvalue weighted by atomic mass is 10.0. The second-order valence-corrected chi connectivity index (χ2v) is 4.81. The number of H-pyrrole nitrogens is 1. The lowest BCUT2D eigenvalue weighted by Crippen LogP contribution is -1.95. The Morgan fingerprint density at radius 1 is 1.11 bits per heavy atom. The molecule has 0 fully saturated rings. The Balaban J connectivity index is 1.80. The Labute approximate surface area is 111 Å². The number of aromatic amines is 1. The van der Waals surface area contributed by atoms with Crippen LogP contribution >= 0.6 is 0 Å². The monoisotopic (exact) mass is 252 g/mol. The van der Waals surface area contributed by atoms with Gasteiger partial charge < -0.3 is 10.1 Å². The molecule has 0 bridgehead atoms. The molecule has 0 atom stereocenters. The Kier molecular flexibility index (Phi) is 2.95. The molecule has 3 aromatic rings. The lowest BCUT2D eigenvalue weighted by molar-refractivity contribution is 0.476. The van der Waals surface area contributed by atoms with Crippen LogP contribution in [-0.2, 0) is 12.8 Å². The first-order valence-electron chi connectivity index (χ1n) is 6.44. The molecule has 0 amide bonds. The fourth-order valence-electron chi connectivity index (χ4n) is 2.31. The lowest BCUT2D eigenvalue weighted by Gasteiger charge is -2.03. The van der Waals surface area contributed by atoms with Gasteiger partial charge in [0.25, 0.3) is 0 Å². The van der Waals surface area contributed by atoms with E-state index in [0.717, 1.165) is 29.7 Å². The van der Waals surface area contributed by atoms with Gasteiger partial charge in [0.15, 0.2) is 0 Å². The molecule has 1 heterocycles. The van der Waals surface area contributed by atoms with Gasteiger partial charge in [-0.25, -0.2) is 4.98 Å². The van der Waals surface area contributed by atoms with Crippen LogP contribution in [-0.4, -0.2) is 15.1 Å². The van der Waals surface area contributed by atoms with E-state index in [0.29, 0.717) is 0 Å². The quantitative estimate of drug-likeness (QED) is 0.751. The summed E-state index contributed by atoms with van der Waals surface area (Å²) in [5.41, 5.74) is 4.46. The standard InChI is InChI=1S/C16H16N2O/c1-11-4-2-3-5-12(11)6-9-16-17-14-8-7-13(19)10-15(14)18-16/h2-5,7-8,10,19H,6,9H2,1H3,(H,17,18). The van der Waals surface area contributed by atoms with Crippen molar-refractivity contribution in [1.29, 1.82) is 0 Å². The molecule has 3 heteroatoms. The highest BCUT2D eigenvalue weighted by atomic mass is 16.3. The van der Waals surface area contributed by atoms with E-state index >= 15 is 0 Å². The molecule has 0 saturated heterocycles. The molecule has 0 aliphatic rings. The molecule has 0 aliphatic carbocycles. The Morgan fingerprint density at radius 2 is 1.95 bits per heavy atom. The summed E-state index contributed by atoms with van der Waals surface area (Å²) in [6.07, 6.45) is 1.85. The third-order valence-corrected chi connectivity index (χ3v) is 3.41. The number of rotatable bonds is 3. The summed E-state index contributed by atoms with van der Waals surface area (Å²) in [4.78, 5) is 7.79. The Morgan fingerprint density at radius 3 is 2.79 bits per heavy atom. The van der Waals surface area contributed by atoms with Gasteiger partial charge in [0.2, 0.25) is 0 Å². The largest absolute Gasteiger partial charge is 0.508 e. The molecule has 19 heavy (non-hydrogen) atoms. The zero-order valence-electron chi connectivity index (χ0n) is 10.9. The first-order chi connectivity index (χ1) is 9.22. The van der Waals surface area contributed by atoms with E-state index in [9.17, 15) is 5.11 Å². The van der Waals surface area contributed by atoms with Gasteiger partial charge in [-0.3, -0.25) is 0 Å². The number of aryl methyl sites for hydroxylation is 3. The number of hydrogen-bond acceptors (Lipinski definition) is 2. The van der Waals surface area contributed by atoms with Gasteiger partial charge in [-0.05, 0) is 36.6 Å². The minimum atomic E-state index is 0.265. The number of aromatic hydroxyl groups is 1. The van der Waals surface area contributed by atoms with Crippen LogP contribution in [0.4, 0.5) is 0 Å². The van der Waals surface area contributed by atoms with Gasteiger partial charge in [-0.1, -0.05) is 24.3 Å². The molecular formula is C16H16N2O. The van der Waals surface area contributed by atoms with Crippen LogP contribution < -0.4 is 0 Å². The van der Waals surface area contributed by atoms with Gasteiger partial charge >= 0.3 is 0 Å². The first kappa shape index (κ1) is 11.8. The number of phenols is 1. The van der Waals surface area contributed by atoms with Crippen LogP contribution in [0.1, 0.15) is 17.0 Å². The van der Waals surface area contributed by atoms with E-state index in [2.05, 4.69) is 41.2 Å². The minimum absolute atomic E-state index is 0.265. The molecule has 3 rings (SSSR count). The third kappa shape index (κ3) is 2.45. The summed E-state index contributed by atoms with van der Waals surface area (Å²) in [6, 6.07) is 13.6. The average Bonchev–Trinajstić information content (AvgIpc) is 2.79. The summed E-state index contributed by atoms with van der Waals surface area (Å²) in [6.45, 7) is 2.13. The van der Waals surface area contributed by atoms with Crippen molar-refractivity contribution in [3.8, 4) is 5.75 Å². The van der Waals surface area contributed by atoms with Gasteiger partial charge in [0, 0.05) is 12.5 Å². The van der Waals surface area contributed by atoms with Crippen molar-refractivity contribution in [2.45, 2.75) is 19.8 Å². The summed E-state index contributed by atoms with van der Waals surface area (Å²) in [5, 5.41) is 9.44. The molecule has 0 unspecified atom stereocenters. The maximum atomic E-state index is 9.44. The molecule has 96 valence electrons. The predicted octanol–water partition coefficient (Wildman–Crippen LogP) is 3.36. The van der Waals surface area contributed by atoms with Crippen molar-refractivity contribution < 1.29 is 5.11 Å². The number of phenolic OH excluding ortho intramolecular Hbond substituents is 1. The summed E-state index contributed by atoms with van der Waals surface area (Å²) < 4.78 is 0. The number of imidazole rings is 1. The second-order valence-electron chi connectivity index (χ2n) is 4.81. The molecule has 1 aromatic heterocycles. The smallest absolute Gasteiger partial charge is 0.117 e. The molecule has 3 nitrogen and oxygen atoms in total. The SMILES string of the molecule is Cc1ccccc1CCc1nc2ccc(O)cc2[nH]1. The van der Waals surface area contributed by atoms with E-state index in [1.807, 2.05) is 6.07 Å². The number of nitrogens with zero attached hydrogens (tertiary/aromatic N) is 1. The maximum Gasteiger partial charge on any atom is 0.117 e. The normalized spacial score (nSPS) is 11.0. The van der Waals surface area contributed by atoms with Crippen LogP contribution in [0, 0.1) is 6.92 Å². The Bertz CT molecular complexity index is 716. The van der Waals surface area contributed by atoms with Crippen LogP contribution in [0.5, 0.6) is 5.75 Å². The van der Waals surface area contributed by atoms with Crippen molar-refractivity contribution in [3.05, 3.63) is 59.4 Å². The van der Waals surface area contributed by atoms with E-state index in [1.54, 1.807) is 12.1 Å². The van der Waals surface area contributed by atoms with E-state index in [-0.39, 0.29) is 5.75 Å². The van der Waals surface area contributed by atoms with Crippen LogP contribution in [0.3, 0.4) is 0 Å². The first-order valence-corrected chi connectivity index (χ1v) is 6.44. The molecule has 2 N–H and O–H groups in total. The average molecular weight is 252 g/mol. The molecule has 0 spiro atoms. The van der Waals surface area contributed by atoms with Gasteiger partial charge in [-0.15, -0.1) is 0 Å². The molecular weight excluding hydrogens is 236 g/mol. The highest BCUT2D eigenvalue weighted by molar-refractivity contribution is 5.76. The van der Waals surface area contributed by atoms with Gasteiger partial charge in [-0.2, -0.15) is 0 Å². The summed E-state index contributed by atoms with van der Waals surface area (Å²) >= 11 is 0. The minimum Gasteiger partial charge on any atom is -0.508 e. The fraction of sp³-hybridized carbons (Fsp3) is 0.188. The number of aromatic nitrogens is 2. The van der Waals surface area contributed by atoms with Gasteiger partial charge in [0.05, 0.1) is 11.0 Å². The highest BCUT2D eigenvalue weighted by Crippen LogP contribution is 2.18. The molecule has 0 aliphatic heterocycles. The van der Waals surface area contributed by atoms with Crippen LogP contribution in [0.25, 0.3) is 11.0 Å². The van der Waals surface area contributed by atoms with Crippen molar-refractivity contribution in [2.75, 3.05) is 0 Å². The predicted molar refractivity (Wildman–Crippen MR) is 76.3 cm³/mol. The molecule has 0 radical (unpaired) electrons. The second kappa shape index (κ2) is 4.76. The van der Waals surface area contributed by atoms with Crippen molar-refractivity contribution >= 4 is 11.0 Å². The Hall–Kier alpha value is -2.29. The number of hydrogen-bond donors (Lipinski definition) is 2. The zero-order valence-corrected chi connectivity index (χ0v) is 10.9. The topological polar surface area (TPSA) is 48.9 Å². The van der Waals surface area contributed by atoms with Crippen LogP contribution in [0.2, 0.25) is 0 Å². The highest BCUT2D eigenvalue weighted by Gasteiger charge is 2.04.